The molecule has 1 saturated heterocycles. The fraction of sp³-hybridized carbons (Fsp3) is 0.250. The van der Waals surface area contributed by atoms with E-state index in [4.69, 9.17) is 0 Å². The van der Waals surface area contributed by atoms with Crippen molar-refractivity contribution >= 4 is 23.6 Å². The van der Waals surface area contributed by atoms with Gasteiger partial charge < -0.3 is 0 Å². The Bertz CT molecular complexity index is 1120. The van der Waals surface area contributed by atoms with Gasteiger partial charge in [-0.25, -0.2) is 0 Å². The van der Waals surface area contributed by atoms with Crippen molar-refractivity contribution in [2.75, 3.05) is 12.3 Å². The van der Waals surface area contributed by atoms with Gasteiger partial charge in [0.1, 0.15) is 0 Å². The van der Waals surface area contributed by atoms with E-state index in [1.54, 1.807) is 18.3 Å². The minimum absolute atomic E-state index is 0.0874. The Labute approximate surface area is 179 Å². The maximum absolute atomic E-state index is 13.3. The lowest BCUT2D eigenvalue weighted by molar-refractivity contribution is -0.140. The summed E-state index contributed by atoms with van der Waals surface area (Å²) in [6.07, 6.45) is -0.465. The maximum atomic E-state index is 13.3. The van der Waals surface area contributed by atoms with Crippen LogP contribution in [0.2, 0.25) is 0 Å². The van der Waals surface area contributed by atoms with E-state index in [-0.39, 0.29) is 28.4 Å². The van der Waals surface area contributed by atoms with Crippen molar-refractivity contribution in [3.63, 3.8) is 0 Å². The van der Waals surface area contributed by atoms with Crippen LogP contribution in [0.1, 0.15) is 18.4 Å². The molecule has 0 aliphatic carbocycles. The number of imide groups is 1. The average Bonchev–Trinajstić information content (AvgIpc) is 3.38. The highest BCUT2D eigenvalue weighted by Gasteiger charge is 2.31. The molecule has 1 fully saturated rings. The van der Waals surface area contributed by atoms with Gasteiger partial charge in [-0.3, -0.25) is 24.0 Å². The molecule has 0 bridgehead atoms. The molecule has 0 unspecified atom stereocenters. The number of nitrogens with zero attached hydrogens (tertiary/aromatic N) is 5. The Morgan fingerprint density at radius 3 is 2.68 bits per heavy atom. The van der Waals surface area contributed by atoms with Crippen molar-refractivity contribution in [2.45, 2.75) is 24.2 Å². The van der Waals surface area contributed by atoms with Gasteiger partial charge in [0.15, 0.2) is 11.0 Å². The van der Waals surface area contributed by atoms with Gasteiger partial charge in [0, 0.05) is 30.9 Å². The minimum Gasteiger partial charge on any atom is -0.282 e. The number of alkyl halides is 3. The topological polar surface area (TPSA) is 81.0 Å². The van der Waals surface area contributed by atoms with Crippen LogP contribution in [-0.4, -0.2) is 48.8 Å². The number of rotatable bonds is 5. The lowest BCUT2D eigenvalue weighted by atomic mass is 10.2. The molecular formula is C20H16F3N5O2S. The molecular weight excluding hydrogens is 431 g/mol. The fourth-order valence-electron chi connectivity index (χ4n) is 3.22. The summed E-state index contributed by atoms with van der Waals surface area (Å²) < 4.78 is 41.2. The third-order valence-corrected chi connectivity index (χ3v) is 5.60. The fourth-order valence-corrected chi connectivity index (χ4v) is 4.04. The average molecular weight is 447 g/mol. The zero-order chi connectivity index (χ0) is 22.0. The lowest BCUT2D eigenvalue weighted by Crippen LogP contribution is -2.33. The smallest absolute Gasteiger partial charge is 0.282 e. The van der Waals surface area contributed by atoms with Crippen molar-refractivity contribution in [1.29, 1.82) is 0 Å². The third-order valence-electron chi connectivity index (χ3n) is 4.68. The van der Waals surface area contributed by atoms with Gasteiger partial charge >= 0.3 is 6.18 Å². The number of benzene rings is 1. The number of aromatic nitrogens is 4. The van der Waals surface area contributed by atoms with Crippen LogP contribution in [0.25, 0.3) is 17.1 Å². The molecule has 7 nitrogen and oxygen atoms in total. The Morgan fingerprint density at radius 1 is 1.16 bits per heavy atom. The van der Waals surface area contributed by atoms with Crippen LogP contribution in [0.4, 0.5) is 13.2 Å². The molecule has 31 heavy (non-hydrogen) atoms. The first-order valence-corrected chi connectivity index (χ1v) is 10.3. The van der Waals surface area contributed by atoms with Crippen LogP contribution in [0.3, 0.4) is 0 Å². The molecule has 1 aromatic carbocycles. The van der Waals surface area contributed by atoms with Gasteiger partial charge in [0.25, 0.3) is 0 Å². The van der Waals surface area contributed by atoms with E-state index in [1.807, 2.05) is 0 Å². The third kappa shape index (κ3) is 4.46. The summed E-state index contributed by atoms with van der Waals surface area (Å²) in [5.41, 5.74) is -0.0586. The van der Waals surface area contributed by atoms with Crippen molar-refractivity contribution in [2.24, 2.45) is 0 Å². The SMILES string of the molecule is O=C1CCCN1C(=O)CSc1nnc(-c2cccnc2)n1-c1cccc(C(F)(F)F)c1. The monoisotopic (exact) mass is 447 g/mol. The number of carbonyl (C=O) groups excluding carboxylic acids is 2. The molecule has 0 radical (unpaired) electrons. The van der Waals surface area contributed by atoms with Crippen LogP contribution < -0.4 is 0 Å². The molecule has 11 heteroatoms. The minimum atomic E-state index is -4.52. The van der Waals surface area contributed by atoms with Gasteiger partial charge in [0.05, 0.1) is 17.0 Å². The first-order chi connectivity index (χ1) is 14.8. The van der Waals surface area contributed by atoms with E-state index in [0.29, 0.717) is 30.8 Å². The second kappa shape index (κ2) is 8.50. The van der Waals surface area contributed by atoms with Gasteiger partial charge in [-0.1, -0.05) is 17.8 Å². The molecule has 0 N–H and O–H groups in total. The van der Waals surface area contributed by atoms with Gasteiger partial charge in [-0.05, 0) is 36.8 Å². The van der Waals surface area contributed by atoms with Crippen molar-refractivity contribution in [3.05, 3.63) is 54.4 Å². The molecule has 0 atom stereocenters. The first-order valence-electron chi connectivity index (χ1n) is 9.34. The second-order valence-corrected chi connectivity index (χ2v) is 7.71. The highest BCUT2D eigenvalue weighted by molar-refractivity contribution is 7.99. The lowest BCUT2D eigenvalue weighted by Gasteiger charge is -2.14. The Balaban J connectivity index is 1.70. The van der Waals surface area contributed by atoms with E-state index in [9.17, 15) is 22.8 Å². The zero-order valence-corrected chi connectivity index (χ0v) is 16.9. The summed E-state index contributed by atoms with van der Waals surface area (Å²) in [5.74, 6) is -0.384. The molecule has 4 rings (SSSR count). The molecule has 3 heterocycles. The van der Waals surface area contributed by atoms with Gasteiger partial charge in [-0.2, -0.15) is 13.2 Å². The quantitative estimate of drug-likeness (QED) is 0.556. The summed E-state index contributed by atoms with van der Waals surface area (Å²) in [6.45, 7) is 0.374. The highest BCUT2D eigenvalue weighted by Crippen LogP contribution is 2.33. The van der Waals surface area contributed by atoms with E-state index < -0.39 is 11.7 Å². The maximum Gasteiger partial charge on any atom is 0.416 e. The molecule has 1 aliphatic rings. The van der Waals surface area contributed by atoms with E-state index >= 15 is 0 Å². The highest BCUT2D eigenvalue weighted by atomic mass is 32.2. The summed E-state index contributed by atoms with van der Waals surface area (Å²) in [5, 5.41) is 8.45. The van der Waals surface area contributed by atoms with Crippen LogP contribution in [0, 0.1) is 0 Å². The number of thioether (sulfide) groups is 1. The van der Waals surface area contributed by atoms with Crippen LogP contribution in [-0.2, 0) is 15.8 Å². The van der Waals surface area contributed by atoms with Crippen molar-refractivity contribution in [3.8, 4) is 17.1 Å². The van der Waals surface area contributed by atoms with Gasteiger partial charge in [-0.15, -0.1) is 10.2 Å². The Kier molecular flexibility index (Phi) is 5.77. The number of amides is 2. The standard InChI is InChI=1S/C20H16F3N5O2S/c21-20(22,23)14-5-1-6-15(10-14)28-18(13-4-2-8-24-11-13)25-26-19(28)31-12-17(30)27-9-3-7-16(27)29/h1-2,4-6,8,10-11H,3,7,9,12H2. The Hall–Kier alpha value is -3.21. The normalized spacial score (nSPS) is 14.3. The molecule has 2 amide bonds. The zero-order valence-electron chi connectivity index (χ0n) is 16.0. The predicted molar refractivity (Wildman–Crippen MR) is 106 cm³/mol. The second-order valence-electron chi connectivity index (χ2n) is 6.76. The van der Waals surface area contributed by atoms with Gasteiger partial charge in [0.2, 0.25) is 11.8 Å². The molecule has 160 valence electrons. The van der Waals surface area contributed by atoms with Crippen LogP contribution >= 0.6 is 11.8 Å². The molecule has 1 aliphatic heterocycles. The number of hydrogen-bond donors (Lipinski definition) is 0. The van der Waals surface area contributed by atoms with E-state index in [2.05, 4.69) is 15.2 Å². The summed E-state index contributed by atoms with van der Waals surface area (Å²) in [4.78, 5) is 29.4. The van der Waals surface area contributed by atoms with E-state index in [0.717, 1.165) is 23.9 Å². The van der Waals surface area contributed by atoms with Crippen molar-refractivity contribution < 1.29 is 22.8 Å². The van der Waals surface area contributed by atoms with E-state index in [1.165, 1.54) is 27.8 Å². The number of hydrogen-bond acceptors (Lipinski definition) is 6. The van der Waals surface area contributed by atoms with Crippen molar-refractivity contribution in [1.82, 2.24) is 24.6 Å². The molecule has 2 aromatic heterocycles. The summed E-state index contributed by atoms with van der Waals surface area (Å²) in [6, 6.07) is 8.17. The van der Waals surface area contributed by atoms with Crippen LogP contribution in [0.15, 0.2) is 53.9 Å². The number of carbonyl (C=O) groups is 2. The molecule has 0 spiro atoms. The number of likely N-dealkylation sites (tertiary alicyclic amines) is 1. The largest absolute Gasteiger partial charge is 0.416 e. The first kappa shape index (κ1) is 21.0. The number of halogens is 3. The summed E-state index contributed by atoms with van der Waals surface area (Å²) >= 11 is 1.01. The predicted octanol–water partition coefficient (Wildman–Crippen LogP) is 3.59. The molecule has 3 aromatic rings. The summed E-state index contributed by atoms with van der Waals surface area (Å²) in [7, 11) is 0. The molecule has 0 saturated carbocycles. The van der Waals surface area contributed by atoms with Crippen LogP contribution in [0.5, 0.6) is 0 Å². The Morgan fingerprint density at radius 2 is 2.00 bits per heavy atom. The number of pyridine rings is 1.